The maximum absolute atomic E-state index is 10.0. The number of rotatable bonds is 8. The van der Waals surface area contributed by atoms with Crippen LogP contribution in [0.25, 0.3) is 28.2 Å². The third-order valence-corrected chi connectivity index (χ3v) is 5.73. The van der Waals surface area contributed by atoms with Crippen molar-refractivity contribution in [2.45, 2.75) is 32.5 Å². The third-order valence-electron chi connectivity index (χ3n) is 5.73. The first-order chi connectivity index (χ1) is 17.3. The number of aromatic nitrogens is 6. The van der Waals surface area contributed by atoms with E-state index in [0.29, 0.717) is 24.7 Å². The number of imidazole rings is 1. The maximum Gasteiger partial charge on any atom is 0.153 e. The van der Waals surface area contributed by atoms with Crippen LogP contribution in [0.3, 0.4) is 0 Å². The van der Waals surface area contributed by atoms with Crippen LogP contribution in [0.1, 0.15) is 19.4 Å². The van der Waals surface area contributed by atoms with Crippen molar-refractivity contribution in [2.24, 2.45) is 0 Å². The number of hydrogen-bond acceptors (Lipinski definition) is 8. The Morgan fingerprint density at radius 1 is 1.08 bits per heavy atom. The van der Waals surface area contributed by atoms with Crippen LogP contribution in [-0.4, -0.2) is 47.0 Å². The Bertz CT molecular complexity index is 1500. The largest absolute Gasteiger partial charge is 0.497 e. The molecule has 5 aromatic rings. The van der Waals surface area contributed by atoms with Gasteiger partial charge in [0.1, 0.15) is 23.5 Å². The number of anilines is 2. The molecule has 0 atom stereocenters. The highest BCUT2D eigenvalue weighted by Gasteiger charge is 2.16. The predicted molar refractivity (Wildman–Crippen MR) is 138 cm³/mol. The quantitative estimate of drug-likeness (QED) is 0.305. The van der Waals surface area contributed by atoms with E-state index in [4.69, 9.17) is 10.5 Å². The third kappa shape index (κ3) is 4.98. The number of nitrogens with zero attached hydrogens (tertiary/aromatic N) is 6. The molecular weight excluding hydrogens is 456 g/mol. The van der Waals surface area contributed by atoms with Gasteiger partial charge in [-0.25, -0.2) is 15.0 Å². The lowest BCUT2D eigenvalue weighted by atomic mass is 10.1. The van der Waals surface area contributed by atoms with E-state index >= 15 is 0 Å². The highest BCUT2D eigenvalue weighted by atomic mass is 16.5. The molecule has 0 saturated carbocycles. The number of aliphatic hydroxyl groups is 1. The Kier molecular flexibility index (Phi) is 6.03. The number of nitrogen functional groups attached to an aromatic ring is 1. The molecule has 1 aromatic carbocycles. The molecule has 4 N–H and O–H groups in total. The zero-order valence-electron chi connectivity index (χ0n) is 20.4. The minimum atomic E-state index is -0.870. The van der Waals surface area contributed by atoms with Crippen LogP contribution in [0, 0.1) is 0 Å². The summed E-state index contributed by atoms with van der Waals surface area (Å²) in [6.07, 6.45) is 7.10. The maximum atomic E-state index is 10.0. The van der Waals surface area contributed by atoms with E-state index in [1.807, 2.05) is 59.3 Å². The predicted octanol–water partition coefficient (Wildman–Crippen LogP) is 3.63. The molecule has 0 unspecified atom stereocenters. The molecule has 0 spiro atoms. The molecule has 36 heavy (non-hydrogen) atoms. The molecule has 0 radical (unpaired) electrons. The number of fused-ring (bicyclic) bond motifs is 1. The molecule has 10 nitrogen and oxygen atoms in total. The van der Waals surface area contributed by atoms with Gasteiger partial charge in [-0.05, 0) is 31.0 Å². The molecule has 4 heterocycles. The fourth-order valence-corrected chi connectivity index (χ4v) is 4.00. The van der Waals surface area contributed by atoms with Crippen LogP contribution in [0.15, 0.2) is 67.4 Å². The number of benzene rings is 1. The van der Waals surface area contributed by atoms with Crippen LogP contribution in [0.5, 0.6) is 5.75 Å². The fraction of sp³-hybridized carbons (Fsp3) is 0.231. The summed E-state index contributed by atoms with van der Waals surface area (Å²) < 4.78 is 8.91. The first-order valence-electron chi connectivity index (χ1n) is 11.5. The van der Waals surface area contributed by atoms with Gasteiger partial charge in [0.15, 0.2) is 5.82 Å². The molecule has 0 bridgehead atoms. The van der Waals surface area contributed by atoms with E-state index in [1.54, 1.807) is 31.8 Å². The van der Waals surface area contributed by atoms with Crippen molar-refractivity contribution in [3.8, 4) is 28.3 Å². The average Bonchev–Trinajstić information content (AvgIpc) is 3.44. The molecule has 0 saturated heterocycles. The lowest BCUT2D eigenvalue weighted by molar-refractivity contribution is 0.0579. The van der Waals surface area contributed by atoms with Crippen molar-refractivity contribution < 1.29 is 9.84 Å². The van der Waals surface area contributed by atoms with Gasteiger partial charge in [0.05, 0.1) is 36.8 Å². The van der Waals surface area contributed by atoms with Crippen molar-refractivity contribution in [1.29, 1.82) is 0 Å². The van der Waals surface area contributed by atoms with Crippen LogP contribution in [0.4, 0.5) is 11.6 Å². The van der Waals surface area contributed by atoms with Crippen LogP contribution < -0.4 is 15.8 Å². The summed E-state index contributed by atoms with van der Waals surface area (Å²) in [5.74, 6) is 1.90. The molecular formula is C26H28N8O2. The van der Waals surface area contributed by atoms with Crippen LogP contribution in [0.2, 0.25) is 0 Å². The zero-order valence-corrected chi connectivity index (χ0v) is 20.4. The Hall–Kier alpha value is -4.44. The second kappa shape index (κ2) is 9.31. The van der Waals surface area contributed by atoms with Crippen molar-refractivity contribution >= 4 is 17.3 Å². The average molecular weight is 485 g/mol. The smallest absolute Gasteiger partial charge is 0.153 e. The van der Waals surface area contributed by atoms with E-state index < -0.39 is 5.60 Å². The topological polar surface area (TPSA) is 128 Å². The summed E-state index contributed by atoms with van der Waals surface area (Å²) in [4.78, 5) is 13.2. The van der Waals surface area contributed by atoms with Crippen LogP contribution in [-0.2, 0) is 13.1 Å². The van der Waals surface area contributed by atoms with Crippen molar-refractivity contribution in [3.05, 3.63) is 72.9 Å². The lowest BCUT2D eigenvalue weighted by Crippen LogP contribution is -2.26. The number of hydrogen-bond donors (Lipinski definition) is 3. The molecule has 184 valence electrons. The number of nitrogens with two attached hydrogens (primary N) is 1. The highest BCUT2D eigenvalue weighted by Crippen LogP contribution is 2.26. The van der Waals surface area contributed by atoms with E-state index in [9.17, 15) is 5.11 Å². The van der Waals surface area contributed by atoms with Crippen molar-refractivity contribution in [2.75, 3.05) is 18.2 Å². The van der Waals surface area contributed by atoms with Gasteiger partial charge < -0.3 is 20.9 Å². The minimum absolute atomic E-state index is 0.364. The minimum Gasteiger partial charge on any atom is -0.497 e. The van der Waals surface area contributed by atoms with E-state index in [2.05, 4.69) is 25.4 Å². The Labute approximate surface area is 208 Å². The summed E-state index contributed by atoms with van der Waals surface area (Å²) >= 11 is 0. The normalized spacial score (nSPS) is 11.7. The number of nitrogens with one attached hydrogen (secondary N) is 1. The molecule has 0 amide bonds. The zero-order chi connectivity index (χ0) is 25.3. The second-order valence-electron chi connectivity index (χ2n) is 9.22. The summed E-state index contributed by atoms with van der Waals surface area (Å²) in [5, 5.41) is 17.7. The molecule has 0 aliphatic rings. The van der Waals surface area contributed by atoms with Gasteiger partial charge in [-0.15, -0.1) is 0 Å². The molecule has 0 fully saturated rings. The van der Waals surface area contributed by atoms with Gasteiger partial charge in [-0.1, -0.05) is 24.3 Å². The van der Waals surface area contributed by atoms with Crippen molar-refractivity contribution in [3.63, 3.8) is 0 Å². The Morgan fingerprint density at radius 2 is 1.89 bits per heavy atom. The Balaban J connectivity index is 1.28. The van der Waals surface area contributed by atoms with Gasteiger partial charge >= 0.3 is 0 Å². The fourth-order valence-electron chi connectivity index (χ4n) is 4.00. The standard InChI is InChI=1S/C26H28N8O2/c1-26(2,35)15-33-14-20(25(27)32-33)18-6-4-17(5-7-18)12-28-23-11-21(30-16-31-23)22-13-29-24-10-19(36-3)8-9-34(22)24/h4-11,13-14,16,35H,12,15H2,1-3H3,(H2,27,32)(H,28,30,31). The number of methoxy groups -OCH3 is 1. The SMILES string of the molecule is COc1ccn2c(-c3cc(NCc4ccc(-c5cn(CC(C)(C)O)nc5N)cc4)ncn3)cnc2c1. The van der Waals surface area contributed by atoms with Gasteiger partial charge in [0.2, 0.25) is 0 Å². The van der Waals surface area contributed by atoms with E-state index in [0.717, 1.165) is 39.5 Å². The second-order valence-corrected chi connectivity index (χ2v) is 9.22. The summed E-state index contributed by atoms with van der Waals surface area (Å²) in [7, 11) is 1.63. The van der Waals surface area contributed by atoms with Crippen LogP contribution >= 0.6 is 0 Å². The summed E-state index contributed by atoms with van der Waals surface area (Å²) in [5.41, 5.74) is 10.5. The Morgan fingerprint density at radius 3 is 2.64 bits per heavy atom. The molecule has 5 rings (SSSR count). The number of ether oxygens (including phenoxy) is 1. The van der Waals surface area contributed by atoms with Gasteiger partial charge in [-0.3, -0.25) is 9.08 Å². The van der Waals surface area contributed by atoms with Gasteiger partial charge in [0, 0.05) is 36.6 Å². The summed E-state index contributed by atoms with van der Waals surface area (Å²) in [6.45, 7) is 4.43. The van der Waals surface area contributed by atoms with E-state index in [1.165, 1.54) is 6.33 Å². The first-order valence-corrected chi connectivity index (χ1v) is 11.5. The van der Waals surface area contributed by atoms with Gasteiger partial charge in [-0.2, -0.15) is 5.10 Å². The number of pyridine rings is 1. The van der Waals surface area contributed by atoms with E-state index in [-0.39, 0.29) is 0 Å². The molecule has 0 aliphatic heterocycles. The first kappa shape index (κ1) is 23.3. The van der Waals surface area contributed by atoms with Crippen molar-refractivity contribution in [1.82, 2.24) is 29.1 Å². The lowest BCUT2D eigenvalue weighted by Gasteiger charge is -2.16. The molecule has 4 aromatic heterocycles. The monoisotopic (exact) mass is 484 g/mol. The molecule has 0 aliphatic carbocycles. The molecule has 10 heteroatoms. The highest BCUT2D eigenvalue weighted by molar-refractivity contribution is 5.73. The summed E-state index contributed by atoms with van der Waals surface area (Å²) in [6, 6.07) is 13.8. The van der Waals surface area contributed by atoms with Gasteiger partial charge in [0.25, 0.3) is 0 Å².